The summed E-state index contributed by atoms with van der Waals surface area (Å²) in [6, 6.07) is 9.25. The van der Waals surface area contributed by atoms with E-state index in [-0.39, 0.29) is 28.8 Å². The van der Waals surface area contributed by atoms with Gasteiger partial charge in [0, 0.05) is 16.7 Å². The maximum atomic E-state index is 12.4. The number of anilines is 1. The second-order valence-electron chi connectivity index (χ2n) is 5.00. The summed E-state index contributed by atoms with van der Waals surface area (Å²) in [5, 5.41) is 21.5. The molecule has 124 valence electrons. The summed E-state index contributed by atoms with van der Waals surface area (Å²) in [7, 11) is 0. The van der Waals surface area contributed by atoms with Crippen LogP contribution in [0.1, 0.15) is 10.9 Å². The smallest absolute Gasteiger partial charge is 0.293 e. The predicted octanol–water partition coefficient (Wildman–Crippen LogP) is 4.34. The molecule has 1 fully saturated rings. The standard InChI is InChI=1S/C15H10ClIN2O4S/c16-8-5-9(14(21)10(17)6-8)15-18(13(20)7-24-15)11-3-1-2-4-12(11)19(22)23/h1-6,15,21H,7H2. The van der Waals surface area contributed by atoms with Crippen LogP contribution in [0.4, 0.5) is 11.4 Å². The molecule has 3 rings (SSSR count). The van der Waals surface area contributed by atoms with Crippen molar-refractivity contribution in [2.24, 2.45) is 0 Å². The van der Waals surface area contributed by atoms with E-state index in [9.17, 15) is 20.0 Å². The van der Waals surface area contributed by atoms with Gasteiger partial charge in [-0.2, -0.15) is 0 Å². The Kier molecular flexibility index (Phi) is 4.88. The van der Waals surface area contributed by atoms with Crippen LogP contribution in [0.5, 0.6) is 5.75 Å². The number of carbonyl (C=O) groups is 1. The Bertz CT molecular complexity index is 848. The third kappa shape index (κ3) is 3.05. The quantitative estimate of drug-likeness (QED) is 0.405. The Morgan fingerprint density at radius 1 is 1.38 bits per heavy atom. The van der Waals surface area contributed by atoms with Crippen molar-refractivity contribution in [2.75, 3.05) is 10.7 Å². The summed E-state index contributed by atoms with van der Waals surface area (Å²) < 4.78 is 0.553. The first-order valence-corrected chi connectivity index (χ1v) is 9.25. The van der Waals surface area contributed by atoms with Gasteiger partial charge in [0.25, 0.3) is 5.69 Å². The summed E-state index contributed by atoms with van der Waals surface area (Å²) in [5.74, 6) is -0.0661. The lowest BCUT2D eigenvalue weighted by Gasteiger charge is -2.25. The highest BCUT2D eigenvalue weighted by atomic mass is 127. The summed E-state index contributed by atoms with van der Waals surface area (Å²) >= 11 is 9.32. The van der Waals surface area contributed by atoms with Crippen LogP contribution in [-0.4, -0.2) is 21.7 Å². The molecule has 0 saturated carbocycles. The molecule has 0 bridgehead atoms. The highest BCUT2D eigenvalue weighted by molar-refractivity contribution is 14.1. The zero-order valence-electron chi connectivity index (χ0n) is 12.0. The number of para-hydroxylation sites is 2. The first-order valence-electron chi connectivity index (χ1n) is 6.75. The van der Waals surface area contributed by atoms with Crippen LogP contribution < -0.4 is 4.90 Å². The van der Waals surface area contributed by atoms with Crippen molar-refractivity contribution < 1.29 is 14.8 Å². The monoisotopic (exact) mass is 476 g/mol. The number of phenols is 1. The molecule has 0 radical (unpaired) electrons. The second kappa shape index (κ2) is 6.77. The third-order valence-electron chi connectivity index (χ3n) is 3.53. The number of benzene rings is 2. The van der Waals surface area contributed by atoms with E-state index in [1.165, 1.54) is 28.8 Å². The molecular formula is C15H10ClIN2O4S. The third-order valence-corrected chi connectivity index (χ3v) is 5.76. The number of phenolic OH excluding ortho intramolecular Hbond substituents is 1. The Labute approximate surface area is 160 Å². The highest BCUT2D eigenvalue weighted by Crippen LogP contribution is 2.48. The van der Waals surface area contributed by atoms with Crippen LogP contribution in [-0.2, 0) is 4.79 Å². The maximum absolute atomic E-state index is 12.4. The average molecular weight is 477 g/mol. The number of nitrogens with zero attached hydrogens (tertiary/aromatic N) is 2. The van der Waals surface area contributed by atoms with Gasteiger partial charge in [0.15, 0.2) is 0 Å². The fraction of sp³-hybridized carbons (Fsp3) is 0.133. The fourth-order valence-corrected chi connectivity index (χ4v) is 4.75. The van der Waals surface area contributed by atoms with E-state index >= 15 is 0 Å². The molecule has 1 aliphatic rings. The number of nitro benzene ring substituents is 1. The molecule has 0 spiro atoms. The SMILES string of the molecule is O=C1CSC(c2cc(Cl)cc(I)c2O)N1c1ccccc1[N+](=O)[O-]. The average Bonchev–Trinajstić information content (AvgIpc) is 2.92. The van der Waals surface area contributed by atoms with Crippen molar-refractivity contribution >= 4 is 63.2 Å². The van der Waals surface area contributed by atoms with E-state index in [1.807, 2.05) is 22.6 Å². The molecule has 24 heavy (non-hydrogen) atoms. The van der Waals surface area contributed by atoms with Gasteiger partial charge in [-0.15, -0.1) is 11.8 Å². The lowest BCUT2D eigenvalue weighted by Crippen LogP contribution is -2.28. The van der Waals surface area contributed by atoms with Gasteiger partial charge in [-0.05, 0) is 40.8 Å². The van der Waals surface area contributed by atoms with Crippen molar-refractivity contribution in [3.63, 3.8) is 0 Å². The molecule has 0 aromatic heterocycles. The molecule has 0 aliphatic carbocycles. The van der Waals surface area contributed by atoms with Gasteiger partial charge >= 0.3 is 0 Å². The van der Waals surface area contributed by atoms with Gasteiger partial charge in [0.2, 0.25) is 5.91 Å². The number of carbonyl (C=O) groups excluding carboxylic acids is 1. The number of hydrogen-bond donors (Lipinski definition) is 1. The van der Waals surface area contributed by atoms with Crippen LogP contribution >= 0.6 is 46.0 Å². The molecule has 1 heterocycles. The van der Waals surface area contributed by atoms with Gasteiger partial charge < -0.3 is 5.11 Å². The second-order valence-corrected chi connectivity index (χ2v) is 7.67. The number of amides is 1. The molecule has 6 nitrogen and oxygen atoms in total. The Balaban J connectivity index is 2.14. The predicted molar refractivity (Wildman–Crippen MR) is 102 cm³/mol. The molecule has 1 aliphatic heterocycles. The van der Waals surface area contributed by atoms with Gasteiger partial charge in [0.1, 0.15) is 16.8 Å². The zero-order valence-corrected chi connectivity index (χ0v) is 15.7. The van der Waals surface area contributed by atoms with Crippen molar-refractivity contribution in [3.05, 3.63) is 60.7 Å². The van der Waals surface area contributed by atoms with E-state index in [1.54, 1.807) is 24.3 Å². The van der Waals surface area contributed by atoms with Crippen molar-refractivity contribution in [2.45, 2.75) is 5.37 Å². The number of rotatable bonds is 3. The maximum Gasteiger partial charge on any atom is 0.293 e. The van der Waals surface area contributed by atoms with Gasteiger partial charge in [-0.25, -0.2) is 0 Å². The minimum Gasteiger partial charge on any atom is -0.506 e. The van der Waals surface area contributed by atoms with Crippen LogP contribution in [0.2, 0.25) is 5.02 Å². The number of halogens is 2. The first kappa shape index (κ1) is 17.3. The van der Waals surface area contributed by atoms with E-state index in [0.717, 1.165) is 0 Å². The molecule has 1 N–H and O–H groups in total. The summed E-state index contributed by atoms with van der Waals surface area (Å²) in [6.07, 6.45) is 0. The fourth-order valence-electron chi connectivity index (χ4n) is 2.51. The lowest BCUT2D eigenvalue weighted by atomic mass is 10.1. The van der Waals surface area contributed by atoms with Gasteiger partial charge in [-0.1, -0.05) is 23.7 Å². The summed E-state index contributed by atoms with van der Waals surface area (Å²) in [6.45, 7) is 0. The molecule has 1 unspecified atom stereocenters. The number of nitro groups is 1. The molecule has 2 aromatic carbocycles. The molecule has 9 heteroatoms. The van der Waals surface area contributed by atoms with E-state index in [2.05, 4.69) is 0 Å². The lowest BCUT2D eigenvalue weighted by molar-refractivity contribution is -0.384. The van der Waals surface area contributed by atoms with E-state index in [4.69, 9.17) is 11.6 Å². The van der Waals surface area contributed by atoms with Crippen LogP contribution in [0.15, 0.2) is 36.4 Å². The molecule has 1 amide bonds. The number of hydrogen-bond acceptors (Lipinski definition) is 5. The minimum atomic E-state index is -0.578. The number of aromatic hydroxyl groups is 1. The van der Waals surface area contributed by atoms with Crippen LogP contribution in [0.25, 0.3) is 0 Å². The van der Waals surface area contributed by atoms with E-state index < -0.39 is 10.3 Å². The number of thioether (sulfide) groups is 1. The van der Waals surface area contributed by atoms with Gasteiger partial charge in [0.05, 0.1) is 14.2 Å². The Morgan fingerprint density at radius 3 is 2.79 bits per heavy atom. The summed E-state index contributed by atoms with van der Waals surface area (Å²) in [4.78, 5) is 24.5. The first-order chi connectivity index (χ1) is 11.4. The molecule has 2 aromatic rings. The van der Waals surface area contributed by atoms with Crippen molar-refractivity contribution in [1.29, 1.82) is 0 Å². The molecular weight excluding hydrogens is 467 g/mol. The summed E-state index contributed by atoms with van der Waals surface area (Å²) in [5.41, 5.74) is 0.507. The largest absolute Gasteiger partial charge is 0.506 e. The molecule has 1 atom stereocenters. The van der Waals surface area contributed by atoms with E-state index in [0.29, 0.717) is 14.2 Å². The normalized spacial score (nSPS) is 17.3. The van der Waals surface area contributed by atoms with Crippen molar-refractivity contribution in [1.82, 2.24) is 0 Å². The van der Waals surface area contributed by atoms with Gasteiger partial charge in [-0.3, -0.25) is 19.8 Å². The Morgan fingerprint density at radius 2 is 2.08 bits per heavy atom. The van der Waals surface area contributed by atoms with Crippen LogP contribution in [0, 0.1) is 13.7 Å². The minimum absolute atomic E-state index is 0.0239. The zero-order chi connectivity index (χ0) is 17.4. The Hall–Kier alpha value is -1.52. The van der Waals surface area contributed by atoms with Crippen LogP contribution in [0.3, 0.4) is 0 Å². The topological polar surface area (TPSA) is 83.7 Å². The highest BCUT2D eigenvalue weighted by Gasteiger charge is 2.39. The molecule has 1 saturated heterocycles. The van der Waals surface area contributed by atoms with Crippen molar-refractivity contribution in [3.8, 4) is 5.75 Å².